The largest absolute Gasteiger partial charge is 0.383 e. The van der Waals surface area contributed by atoms with Crippen LogP contribution in [0.4, 0.5) is 5.82 Å². The number of likely N-dealkylation sites (tertiary alicyclic amines) is 1. The highest BCUT2D eigenvalue weighted by atomic mass is 32.2. The third-order valence-electron chi connectivity index (χ3n) is 8.37. The van der Waals surface area contributed by atoms with Gasteiger partial charge in [0.1, 0.15) is 11.3 Å². The summed E-state index contributed by atoms with van der Waals surface area (Å²) in [6, 6.07) is 26.3. The Hall–Kier alpha value is -4.38. The molecule has 0 amide bonds. The van der Waals surface area contributed by atoms with Gasteiger partial charge in [-0.3, -0.25) is 9.47 Å². The molecule has 0 radical (unpaired) electrons. The maximum absolute atomic E-state index is 12.1. The van der Waals surface area contributed by atoms with Crippen LogP contribution >= 0.6 is 0 Å². The number of rotatable bonds is 7. The summed E-state index contributed by atoms with van der Waals surface area (Å²) in [4.78, 5) is 16.7. The topological polar surface area (TPSA) is 110 Å². The van der Waals surface area contributed by atoms with Gasteiger partial charge in [-0.15, -0.1) is 0 Å². The van der Waals surface area contributed by atoms with E-state index in [1.165, 1.54) is 9.87 Å². The first-order valence-electron chi connectivity index (χ1n) is 13.9. The molecule has 0 aliphatic carbocycles. The number of aromatic nitrogens is 4. The zero-order chi connectivity index (χ0) is 28.9. The van der Waals surface area contributed by atoms with Crippen LogP contribution in [-0.4, -0.2) is 63.3 Å². The first kappa shape index (κ1) is 26.5. The number of imidazole rings is 1. The molecule has 2 saturated heterocycles. The predicted octanol–water partition coefficient (Wildman–Crippen LogP) is 4.71. The second-order valence-electron chi connectivity index (χ2n) is 11.2. The molecule has 2 N–H and O–H groups in total. The molecule has 9 nitrogen and oxygen atoms in total. The fraction of sp³-hybridized carbons (Fsp3) is 0.219. The number of hydrogen-bond donors (Lipinski definition) is 1. The molecule has 0 atom stereocenters. The van der Waals surface area contributed by atoms with E-state index in [0.717, 1.165) is 65.1 Å². The fourth-order valence-corrected chi connectivity index (χ4v) is 7.29. The summed E-state index contributed by atoms with van der Waals surface area (Å²) in [6.45, 7) is 7.24. The Kier molecular flexibility index (Phi) is 6.41. The van der Waals surface area contributed by atoms with Crippen LogP contribution in [0.3, 0.4) is 0 Å². The summed E-state index contributed by atoms with van der Waals surface area (Å²) in [5, 5.41) is 1.05. The van der Waals surface area contributed by atoms with Gasteiger partial charge < -0.3 is 5.73 Å². The normalized spacial score (nSPS) is 17.0. The fourth-order valence-electron chi connectivity index (χ4n) is 6.18. The maximum Gasteiger partial charge on any atom is 0.235 e. The van der Waals surface area contributed by atoms with Gasteiger partial charge in [-0.05, 0) is 54.9 Å². The summed E-state index contributed by atoms with van der Waals surface area (Å²) in [6.07, 6.45) is 2.68. The summed E-state index contributed by atoms with van der Waals surface area (Å²) < 4.78 is 27.8. The minimum Gasteiger partial charge on any atom is -0.383 e. The van der Waals surface area contributed by atoms with Crippen LogP contribution in [-0.2, 0) is 16.6 Å². The molecule has 2 aliphatic heterocycles. The summed E-state index contributed by atoms with van der Waals surface area (Å²) in [7, 11) is -3.33. The third-order valence-corrected chi connectivity index (χ3v) is 9.76. The van der Waals surface area contributed by atoms with Crippen molar-refractivity contribution in [3.05, 3.63) is 103 Å². The van der Waals surface area contributed by atoms with Gasteiger partial charge >= 0.3 is 0 Å². The highest BCUT2D eigenvalue weighted by molar-refractivity contribution is 7.92. The molecular formula is C32H31N7O2S. The third kappa shape index (κ3) is 4.67. The molecule has 42 heavy (non-hydrogen) atoms. The lowest BCUT2D eigenvalue weighted by molar-refractivity contribution is 0.0782. The molecule has 0 saturated carbocycles. The van der Waals surface area contributed by atoms with E-state index in [9.17, 15) is 8.42 Å². The Morgan fingerprint density at radius 1 is 0.929 bits per heavy atom. The van der Waals surface area contributed by atoms with Crippen LogP contribution in [0.2, 0.25) is 0 Å². The zero-order valence-corrected chi connectivity index (χ0v) is 23.9. The van der Waals surface area contributed by atoms with Crippen molar-refractivity contribution < 1.29 is 8.42 Å². The van der Waals surface area contributed by atoms with Gasteiger partial charge in [0.2, 0.25) is 10.0 Å². The number of benzene rings is 2. The van der Waals surface area contributed by atoms with E-state index >= 15 is 0 Å². The molecule has 2 fully saturated rings. The first-order valence-corrected chi connectivity index (χ1v) is 15.4. The van der Waals surface area contributed by atoms with Crippen LogP contribution in [0.5, 0.6) is 0 Å². The van der Waals surface area contributed by atoms with Crippen molar-refractivity contribution in [2.45, 2.75) is 13.0 Å². The van der Waals surface area contributed by atoms with Crippen molar-refractivity contribution in [3.63, 3.8) is 0 Å². The number of anilines is 1. The number of nitrogen functional groups attached to an aromatic ring is 1. The molecular weight excluding hydrogens is 546 g/mol. The molecule has 10 heteroatoms. The number of pyridine rings is 2. The van der Waals surface area contributed by atoms with Crippen molar-refractivity contribution in [2.24, 2.45) is 5.41 Å². The van der Waals surface area contributed by atoms with Gasteiger partial charge in [0.05, 0.1) is 11.3 Å². The number of nitrogens with zero attached hydrogens (tertiary/aromatic N) is 6. The van der Waals surface area contributed by atoms with Crippen molar-refractivity contribution in [1.29, 1.82) is 0 Å². The molecule has 212 valence electrons. The number of nitrogens with two attached hydrogens (primary N) is 1. The molecule has 0 bridgehead atoms. The van der Waals surface area contributed by atoms with E-state index in [2.05, 4.69) is 40.7 Å². The van der Waals surface area contributed by atoms with Crippen LogP contribution in [0.25, 0.3) is 39.5 Å². The van der Waals surface area contributed by atoms with E-state index < -0.39 is 10.0 Å². The lowest BCUT2D eigenvalue weighted by Crippen LogP contribution is -2.58. The molecule has 3 aromatic heterocycles. The average Bonchev–Trinajstić information content (AvgIpc) is 3.59. The predicted molar refractivity (Wildman–Crippen MR) is 165 cm³/mol. The molecule has 1 spiro atoms. The Labute approximate surface area is 245 Å². The lowest BCUT2D eigenvalue weighted by atomic mass is 9.81. The quantitative estimate of drug-likeness (QED) is 0.298. The summed E-state index contributed by atoms with van der Waals surface area (Å²) >= 11 is 0. The highest BCUT2D eigenvalue weighted by Gasteiger charge is 2.50. The molecule has 7 rings (SSSR count). The minimum absolute atomic E-state index is 0.0480. The molecule has 5 aromatic rings. The van der Waals surface area contributed by atoms with Crippen LogP contribution in [0, 0.1) is 5.41 Å². The molecule has 2 aliphatic rings. The standard InChI is InChI=1S/C32H31N7O2S/c1-2-42(40,41)38-21-32(22-38)16-18-37(20-32)19-23-10-12-25(13-11-23)39-30(26-9-6-17-34-29(26)33)36-28-15-14-27(35-31(28)39)24-7-4-3-5-8-24/h2-15,17H,1,16,18-22H2,(H2,33,34). The van der Waals surface area contributed by atoms with Crippen molar-refractivity contribution >= 4 is 27.0 Å². The van der Waals surface area contributed by atoms with E-state index in [1.807, 2.05) is 59.2 Å². The van der Waals surface area contributed by atoms with Gasteiger partial charge in [0.25, 0.3) is 0 Å². The van der Waals surface area contributed by atoms with Gasteiger partial charge in [0.15, 0.2) is 11.5 Å². The van der Waals surface area contributed by atoms with Crippen LogP contribution in [0.15, 0.2) is 97.0 Å². The average molecular weight is 578 g/mol. The van der Waals surface area contributed by atoms with E-state index in [4.69, 9.17) is 15.7 Å². The van der Waals surface area contributed by atoms with Crippen LogP contribution in [0.1, 0.15) is 12.0 Å². The first-order chi connectivity index (χ1) is 20.3. The second-order valence-corrected chi connectivity index (χ2v) is 13.1. The number of sulfonamides is 1. The monoisotopic (exact) mass is 577 g/mol. The zero-order valence-electron chi connectivity index (χ0n) is 23.1. The van der Waals surface area contributed by atoms with E-state index in [0.29, 0.717) is 24.7 Å². The Morgan fingerprint density at radius 2 is 1.71 bits per heavy atom. The molecule has 5 heterocycles. The van der Waals surface area contributed by atoms with Gasteiger partial charge in [-0.25, -0.2) is 23.4 Å². The lowest BCUT2D eigenvalue weighted by Gasteiger charge is -2.46. The Balaban J connectivity index is 1.19. The number of hydrogen-bond acceptors (Lipinski definition) is 7. The van der Waals surface area contributed by atoms with Crippen molar-refractivity contribution in [2.75, 3.05) is 31.9 Å². The Bertz CT molecular complexity index is 1900. The van der Waals surface area contributed by atoms with E-state index in [1.54, 1.807) is 6.20 Å². The van der Waals surface area contributed by atoms with Crippen molar-refractivity contribution in [1.82, 2.24) is 28.7 Å². The van der Waals surface area contributed by atoms with Gasteiger partial charge in [-0.1, -0.05) is 49.0 Å². The smallest absolute Gasteiger partial charge is 0.235 e. The second kappa shape index (κ2) is 10.2. The van der Waals surface area contributed by atoms with Gasteiger partial charge in [0, 0.05) is 54.4 Å². The SMILES string of the molecule is C=CS(=O)(=O)N1CC2(CCN(Cc3ccc(-n4c(-c5cccnc5N)nc5ccc(-c6ccccc6)nc54)cc3)C2)C1. The van der Waals surface area contributed by atoms with E-state index in [-0.39, 0.29) is 5.41 Å². The molecule has 0 unspecified atom stereocenters. The summed E-state index contributed by atoms with van der Waals surface area (Å²) in [5.74, 6) is 1.10. The van der Waals surface area contributed by atoms with Crippen molar-refractivity contribution in [3.8, 4) is 28.3 Å². The number of fused-ring (bicyclic) bond motifs is 1. The highest BCUT2D eigenvalue weighted by Crippen LogP contribution is 2.41. The Morgan fingerprint density at radius 3 is 2.45 bits per heavy atom. The summed E-state index contributed by atoms with van der Waals surface area (Å²) in [5.41, 5.74) is 12.6. The van der Waals surface area contributed by atoms with Crippen LogP contribution < -0.4 is 5.73 Å². The minimum atomic E-state index is -3.33. The molecule has 2 aromatic carbocycles. The maximum atomic E-state index is 12.1. The van der Waals surface area contributed by atoms with Gasteiger partial charge in [-0.2, -0.15) is 4.31 Å².